The van der Waals surface area contributed by atoms with Gasteiger partial charge in [-0.25, -0.2) is 0 Å². The molecule has 1 aliphatic heterocycles. The maximum absolute atomic E-state index is 12.2. The number of carbonyl (C=O) groups is 1. The van der Waals surface area contributed by atoms with Crippen LogP contribution in [0.3, 0.4) is 0 Å². The van der Waals surface area contributed by atoms with Crippen molar-refractivity contribution in [3.05, 3.63) is 17.0 Å². The van der Waals surface area contributed by atoms with Crippen molar-refractivity contribution in [2.75, 3.05) is 32.8 Å². The third kappa shape index (κ3) is 4.30. The van der Waals surface area contributed by atoms with Crippen LogP contribution in [0, 0.1) is 19.8 Å². The van der Waals surface area contributed by atoms with Gasteiger partial charge in [0.15, 0.2) is 0 Å². The summed E-state index contributed by atoms with van der Waals surface area (Å²) in [5.74, 6) is 1.23. The fourth-order valence-electron chi connectivity index (χ4n) is 2.89. The van der Waals surface area contributed by atoms with Gasteiger partial charge in [-0.3, -0.25) is 9.69 Å². The second-order valence-corrected chi connectivity index (χ2v) is 6.24. The van der Waals surface area contributed by atoms with Gasteiger partial charge in [0.05, 0.1) is 25.3 Å². The highest BCUT2D eigenvalue weighted by Gasteiger charge is 2.24. The number of hydrogen-bond donors (Lipinski definition) is 1. The summed E-state index contributed by atoms with van der Waals surface area (Å²) >= 11 is 0. The topological polar surface area (TPSA) is 67.6 Å². The predicted molar refractivity (Wildman–Crippen MR) is 83.7 cm³/mol. The van der Waals surface area contributed by atoms with Crippen molar-refractivity contribution >= 4 is 5.91 Å². The Kier molecular flexibility index (Phi) is 5.97. The van der Waals surface area contributed by atoms with E-state index in [2.05, 4.69) is 29.2 Å². The Morgan fingerprint density at radius 1 is 1.32 bits per heavy atom. The summed E-state index contributed by atoms with van der Waals surface area (Å²) in [5, 5.41) is 6.95. The molecule has 22 heavy (non-hydrogen) atoms. The van der Waals surface area contributed by atoms with Gasteiger partial charge in [0.1, 0.15) is 5.76 Å². The molecule has 1 fully saturated rings. The first-order valence-electron chi connectivity index (χ1n) is 7.99. The van der Waals surface area contributed by atoms with Gasteiger partial charge in [-0.1, -0.05) is 19.0 Å². The lowest BCUT2D eigenvalue weighted by Crippen LogP contribution is -2.51. The number of rotatable bonds is 6. The summed E-state index contributed by atoms with van der Waals surface area (Å²) in [4.78, 5) is 14.6. The van der Waals surface area contributed by atoms with Crippen LogP contribution in [0.15, 0.2) is 4.52 Å². The molecule has 0 radical (unpaired) electrons. The number of aryl methyl sites for hydroxylation is 2. The number of morpholine rings is 1. The monoisotopic (exact) mass is 309 g/mol. The third-order valence-corrected chi connectivity index (χ3v) is 4.31. The molecule has 1 saturated heterocycles. The summed E-state index contributed by atoms with van der Waals surface area (Å²) in [6, 6.07) is 0.345. The maximum Gasteiger partial charge on any atom is 0.224 e. The van der Waals surface area contributed by atoms with E-state index in [-0.39, 0.29) is 5.91 Å². The second-order valence-electron chi connectivity index (χ2n) is 6.24. The van der Waals surface area contributed by atoms with E-state index in [9.17, 15) is 4.79 Å². The van der Waals surface area contributed by atoms with Gasteiger partial charge < -0.3 is 14.6 Å². The van der Waals surface area contributed by atoms with Crippen LogP contribution >= 0.6 is 0 Å². The van der Waals surface area contributed by atoms with E-state index in [1.165, 1.54) is 0 Å². The van der Waals surface area contributed by atoms with Crippen LogP contribution in [-0.2, 0) is 16.0 Å². The fraction of sp³-hybridized carbons (Fsp3) is 0.750. The van der Waals surface area contributed by atoms with E-state index in [0.29, 0.717) is 24.9 Å². The molecule has 0 spiro atoms. The first-order chi connectivity index (χ1) is 10.5. The Morgan fingerprint density at radius 2 is 2.00 bits per heavy atom. The zero-order chi connectivity index (χ0) is 16.1. The van der Waals surface area contributed by atoms with Gasteiger partial charge in [-0.15, -0.1) is 0 Å². The molecule has 6 nitrogen and oxygen atoms in total. The zero-order valence-corrected chi connectivity index (χ0v) is 14.0. The summed E-state index contributed by atoms with van der Waals surface area (Å²) in [7, 11) is 0. The Hall–Kier alpha value is -1.40. The summed E-state index contributed by atoms with van der Waals surface area (Å²) in [6.45, 7) is 12.2. The highest BCUT2D eigenvalue weighted by molar-refractivity contribution is 5.79. The molecule has 0 aliphatic carbocycles. The van der Waals surface area contributed by atoms with Crippen molar-refractivity contribution in [2.24, 2.45) is 5.92 Å². The van der Waals surface area contributed by atoms with E-state index in [4.69, 9.17) is 9.26 Å². The molecule has 0 bridgehead atoms. The number of hydrogen-bond acceptors (Lipinski definition) is 5. The van der Waals surface area contributed by atoms with Crippen LogP contribution in [-0.4, -0.2) is 54.9 Å². The lowest BCUT2D eigenvalue weighted by molar-refractivity contribution is -0.120. The second kappa shape index (κ2) is 7.74. The van der Waals surface area contributed by atoms with Crippen molar-refractivity contribution in [2.45, 2.75) is 40.2 Å². The number of ether oxygens (including phenoxy) is 1. The van der Waals surface area contributed by atoms with Gasteiger partial charge in [0, 0.05) is 31.2 Å². The van der Waals surface area contributed by atoms with E-state index in [0.717, 1.165) is 43.3 Å². The van der Waals surface area contributed by atoms with E-state index in [1.54, 1.807) is 0 Å². The molecule has 1 unspecified atom stereocenters. The molecular weight excluding hydrogens is 282 g/mol. The quantitative estimate of drug-likeness (QED) is 0.858. The molecule has 1 aromatic rings. The minimum atomic E-state index is 0.0216. The average Bonchev–Trinajstić information content (AvgIpc) is 2.80. The summed E-state index contributed by atoms with van der Waals surface area (Å²) in [5.41, 5.74) is 1.69. The van der Waals surface area contributed by atoms with Crippen LogP contribution in [0.5, 0.6) is 0 Å². The highest BCUT2D eigenvalue weighted by Crippen LogP contribution is 2.14. The molecule has 124 valence electrons. The molecule has 1 N–H and O–H groups in total. The summed E-state index contributed by atoms with van der Waals surface area (Å²) in [6.07, 6.45) is 0.328. The SMILES string of the molecule is Cc1noc(C)c1CC(=O)NCC(C(C)C)N1CCOCC1. The van der Waals surface area contributed by atoms with E-state index < -0.39 is 0 Å². The number of carbonyl (C=O) groups excluding carboxylic acids is 1. The molecule has 1 amide bonds. The highest BCUT2D eigenvalue weighted by atomic mass is 16.5. The minimum absolute atomic E-state index is 0.0216. The number of aromatic nitrogens is 1. The van der Waals surface area contributed by atoms with Crippen molar-refractivity contribution < 1.29 is 14.1 Å². The van der Waals surface area contributed by atoms with Crippen LogP contribution in [0.1, 0.15) is 30.9 Å². The Balaban J connectivity index is 1.87. The maximum atomic E-state index is 12.2. The Bertz CT molecular complexity index is 473. The molecule has 1 aromatic heterocycles. The van der Waals surface area contributed by atoms with Crippen molar-refractivity contribution in [1.82, 2.24) is 15.4 Å². The molecular formula is C16H27N3O3. The largest absolute Gasteiger partial charge is 0.379 e. The normalized spacial score (nSPS) is 17.7. The van der Waals surface area contributed by atoms with Crippen LogP contribution in [0.25, 0.3) is 0 Å². The molecule has 1 atom stereocenters. The minimum Gasteiger partial charge on any atom is -0.379 e. The number of amides is 1. The fourth-order valence-corrected chi connectivity index (χ4v) is 2.89. The predicted octanol–water partition coefficient (Wildman–Crippen LogP) is 1.31. The molecule has 2 heterocycles. The van der Waals surface area contributed by atoms with E-state index in [1.807, 2.05) is 13.8 Å². The van der Waals surface area contributed by atoms with Gasteiger partial charge in [-0.05, 0) is 19.8 Å². The first-order valence-corrected chi connectivity index (χ1v) is 7.99. The van der Waals surface area contributed by atoms with Gasteiger partial charge >= 0.3 is 0 Å². The number of nitrogens with zero attached hydrogens (tertiary/aromatic N) is 2. The van der Waals surface area contributed by atoms with Gasteiger partial charge in [0.2, 0.25) is 5.91 Å². The molecule has 2 rings (SSSR count). The lowest BCUT2D eigenvalue weighted by Gasteiger charge is -2.36. The van der Waals surface area contributed by atoms with Crippen molar-refractivity contribution in [1.29, 1.82) is 0 Å². The molecule has 0 saturated carbocycles. The Labute approximate surface area is 132 Å². The first kappa shape index (κ1) is 17.0. The van der Waals surface area contributed by atoms with Gasteiger partial charge in [0.25, 0.3) is 0 Å². The average molecular weight is 309 g/mol. The number of nitrogens with one attached hydrogen (secondary N) is 1. The third-order valence-electron chi connectivity index (χ3n) is 4.31. The van der Waals surface area contributed by atoms with Crippen molar-refractivity contribution in [3.8, 4) is 0 Å². The van der Waals surface area contributed by atoms with Crippen LogP contribution < -0.4 is 5.32 Å². The van der Waals surface area contributed by atoms with Gasteiger partial charge in [-0.2, -0.15) is 0 Å². The van der Waals surface area contributed by atoms with Crippen LogP contribution in [0.2, 0.25) is 0 Å². The molecule has 6 heteroatoms. The lowest BCUT2D eigenvalue weighted by atomic mass is 10.0. The smallest absolute Gasteiger partial charge is 0.224 e. The summed E-state index contributed by atoms with van der Waals surface area (Å²) < 4.78 is 10.5. The zero-order valence-electron chi connectivity index (χ0n) is 14.0. The Morgan fingerprint density at radius 3 is 2.55 bits per heavy atom. The molecule has 1 aliphatic rings. The van der Waals surface area contributed by atoms with E-state index >= 15 is 0 Å². The van der Waals surface area contributed by atoms with Crippen LogP contribution in [0.4, 0.5) is 0 Å². The van der Waals surface area contributed by atoms with Crippen molar-refractivity contribution in [3.63, 3.8) is 0 Å². The molecule has 0 aromatic carbocycles. The standard InChI is InChI=1S/C16H27N3O3/c1-11(2)15(19-5-7-21-8-6-19)10-17-16(20)9-14-12(3)18-22-13(14)4/h11,15H,5-10H2,1-4H3,(H,17,20).